The molecule has 1 rings (SSSR count). The Labute approximate surface area is 200 Å². The number of aliphatic imine (C=N–C) groups is 1. The van der Waals surface area contributed by atoms with Crippen LogP contribution in [-0.4, -0.2) is 81.8 Å². The van der Waals surface area contributed by atoms with Gasteiger partial charge in [0.05, 0.1) is 18.9 Å². The molecule has 1 aromatic heterocycles. The van der Waals surface area contributed by atoms with E-state index in [1.54, 1.807) is 0 Å². The van der Waals surface area contributed by atoms with E-state index in [0.29, 0.717) is 12.1 Å². The van der Waals surface area contributed by atoms with Crippen LogP contribution in [-0.2, 0) is 30.4 Å². The Morgan fingerprint density at radius 3 is 2.34 bits per heavy atom. The standard InChI is InChI=1S/C19H32N10O6/c20-11(3-4-14(21)30)16(32)26-8-15(31)28-12(2-1-5-25-19(22)23)17(33)29-13(18(34)35)6-10-7-24-9-27-10/h7,9,11-13H,1-6,8,20H2,(H2,21,30)(H,24,27)(H,26,32)(H,28,31)(H,29,33)(H,34,35)(H4,22,23,25). The minimum absolute atomic E-state index is 0.00547. The summed E-state index contributed by atoms with van der Waals surface area (Å²) >= 11 is 0. The van der Waals surface area contributed by atoms with Crippen LogP contribution in [0.4, 0.5) is 0 Å². The molecule has 35 heavy (non-hydrogen) atoms. The van der Waals surface area contributed by atoms with Crippen LogP contribution < -0.4 is 38.9 Å². The maximum Gasteiger partial charge on any atom is 0.326 e. The number of carboxylic acid groups (broad SMARTS) is 1. The summed E-state index contributed by atoms with van der Waals surface area (Å²) in [5.41, 5.74) is 21.7. The van der Waals surface area contributed by atoms with Crippen LogP contribution in [0.15, 0.2) is 17.5 Å². The van der Waals surface area contributed by atoms with E-state index in [0.717, 1.165) is 0 Å². The lowest BCUT2D eigenvalue weighted by molar-refractivity contribution is -0.142. The van der Waals surface area contributed by atoms with Crippen molar-refractivity contribution in [1.29, 1.82) is 0 Å². The normalized spacial score (nSPS) is 13.1. The van der Waals surface area contributed by atoms with Gasteiger partial charge in [0.2, 0.25) is 23.6 Å². The van der Waals surface area contributed by atoms with Crippen LogP contribution in [0.2, 0.25) is 0 Å². The topological polar surface area (TPSA) is 287 Å². The van der Waals surface area contributed by atoms with Gasteiger partial charge in [0.15, 0.2) is 5.96 Å². The first kappa shape index (κ1) is 28.8. The molecular formula is C19H32N10O6. The third-order valence-electron chi connectivity index (χ3n) is 4.65. The minimum atomic E-state index is -1.29. The van der Waals surface area contributed by atoms with E-state index in [-0.39, 0.29) is 38.2 Å². The molecule has 13 N–H and O–H groups in total. The van der Waals surface area contributed by atoms with Crippen molar-refractivity contribution in [1.82, 2.24) is 25.9 Å². The molecule has 4 amide bonds. The van der Waals surface area contributed by atoms with Crippen molar-refractivity contribution in [2.24, 2.45) is 27.9 Å². The number of aromatic nitrogens is 2. The molecule has 16 heteroatoms. The van der Waals surface area contributed by atoms with Gasteiger partial charge in [-0.25, -0.2) is 9.78 Å². The minimum Gasteiger partial charge on any atom is -0.480 e. The summed E-state index contributed by atoms with van der Waals surface area (Å²) in [4.78, 5) is 69.9. The Hall–Kier alpha value is -4.21. The number of aliphatic carboxylic acids is 1. The van der Waals surface area contributed by atoms with E-state index in [4.69, 9.17) is 22.9 Å². The summed E-state index contributed by atoms with van der Waals surface area (Å²) in [6.45, 7) is -0.332. The molecule has 3 unspecified atom stereocenters. The van der Waals surface area contributed by atoms with Gasteiger partial charge in [-0.3, -0.25) is 24.2 Å². The van der Waals surface area contributed by atoms with Crippen LogP contribution in [0.25, 0.3) is 0 Å². The number of aromatic amines is 1. The quantitative estimate of drug-likeness (QED) is 0.0603. The number of H-pyrrole nitrogens is 1. The predicted octanol–water partition coefficient (Wildman–Crippen LogP) is -4.23. The third-order valence-corrected chi connectivity index (χ3v) is 4.65. The highest BCUT2D eigenvalue weighted by Crippen LogP contribution is 2.03. The number of imidazole rings is 1. The van der Waals surface area contributed by atoms with Gasteiger partial charge >= 0.3 is 5.97 Å². The second kappa shape index (κ2) is 14.8. The molecule has 0 aliphatic heterocycles. The number of hydrogen-bond donors (Lipinski definition) is 9. The number of rotatable bonds is 16. The Balaban J connectivity index is 2.75. The average molecular weight is 497 g/mol. The van der Waals surface area contributed by atoms with Gasteiger partial charge in [-0.2, -0.15) is 0 Å². The van der Waals surface area contributed by atoms with Gasteiger partial charge in [0, 0.05) is 31.3 Å². The fourth-order valence-corrected chi connectivity index (χ4v) is 2.83. The Kier molecular flexibility index (Phi) is 12.2. The van der Waals surface area contributed by atoms with Crippen molar-refractivity contribution in [3.63, 3.8) is 0 Å². The van der Waals surface area contributed by atoms with Gasteiger partial charge < -0.3 is 49.0 Å². The number of carboxylic acids is 1. The summed E-state index contributed by atoms with van der Waals surface area (Å²) in [5.74, 6) is -4.19. The molecular weight excluding hydrogens is 464 g/mol. The highest BCUT2D eigenvalue weighted by Gasteiger charge is 2.27. The summed E-state index contributed by atoms with van der Waals surface area (Å²) in [6, 6.07) is -3.48. The van der Waals surface area contributed by atoms with Crippen LogP contribution in [0.1, 0.15) is 31.4 Å². The highest BCUT2D eigenvalue weighted by atomic mass is 16.4. The molecule has 3 atom stereocenters. The lowest BCUT2D eigenvalue weighted by atomic mass is 10.1. The smallest absolute Gasteiger partial charge is 0.326 e. The van der Waals surface area contributed by atoms with Crippen LogP contribution in [0, 0.1) is 0 Å². The molecule has 0 saturated heterocycles. The number of hydrogen-bond acceptors (Lipinski definition) is 8. The van der Waals surface area contributed by atoms with E-state index in [1.807, 2.05) is 0 Å². The molecule has 0 spiro atoms. The van der Waals surface area contributed by atoms with Gasteiger partial charge in [-0.05, 0) is 19.3 Å². The van der Waals surface area contributed by atoms with Gasteiger partial charge in [0.25, 0.3) is 0 Å². The van der Waals surface area contributed by atoms with Crippen molar-refractivity contribution >= 4 is 35.6 Å². The zero-order valence-corrected chi connectivity index (χ0v) is 19.0. The second-order valence-corrected chi connectivity index (χ2v) is 7.58. The first-order valence-electron chi connectivity index (χ1n) is 10.7. The number of amides is 4. The van der Waals surface area contributed by atoms with Gasteiger partial charge in [-0.15, -0.1) is 0 Å². The first-order valence-corrected chi connectivity index (χ1v) is 10.7. The monoisotopic (exact) mass is 496 g/mol. The first-order chi connectivity index (χ1) is 16.5. The fraction of sp³-hybridized carbons (Fsp3) is 0.526. The average Bonchev–Trinajstić information content (AvgIpc) is 3.30. The molecule has 1 heterocycles. The summed E-state index contributed by atoms with van der Waals surface area (Å²) in [7, 11) is 0. The number of carbonyl (C=O) groups excluding carboxylic acids is 4. The largest absolute Gasteiger partial charge is 0.480 e. The SMILES string of the molecule is NC(=O)CCC(N)C(=O)NCC(=O)NC(CCCN=C(N)N)C(=O)NC(Cc1cnc[nH]1)C(=O)O. The summed E-state index contributed by atoms with van der Waals surface area (Å²) in [6.07, 6.45) is 3.02. The summed E-state index contributed by atoms with van der Waals surface area (Å²) < 4.78 is 0. The molecule has 16 nitrogen and oxygen atoms in total. The van der Waals surface area contributed by atoms with E-state index in [2.05, 4.69) is 30.9 Å². The highest BCUT2D eigenvalue weighted by molar-refractivity contribution is 5.92. The van der Waals surface area contributed by atoms with Crippen molar-refractivity contribution in [3.8, 4) is 0 Å². The third kappa shape index (κ3) is 12.0. The van der Waals surface area contributed by atoms with Crippen molar-refractivity contribution in [2.75, 3.05) is 13.1 Å². The number of nitrogens with zero attached hydrogens (tertiary/aromatic N) is 2. The number of nitrogens with two attached hydrogens (primary N) is 4. The number of guanidine groups is 1. The Morgan fingerprint density at radius 1 is 1.06 bits per heavy atom. The van der Waals surface area contributed by atoms with E-state index < -0.39 is 54.3 Å². The van der Waals surface area contributed by atoms with E-state index in [9.17, 15) is 29.1 Å². The predicted molar refractivity (Wildman–Crippen MR) is 123 cm³/mol. The lowest BCUT2D eigenvalue weighted by Crippen LogP contribution is -2.54. The number of primary amides is 1. The van der Waals surface area contributed by atoms with Crippen LogP contribution in [0.5, 0.6) is 0 Å². The number of carbonyl (C=O) groups is 5. The zero-order valence-electron chi connectivity index (χ0n) is 19.0. The molecule has 0 saturated carbocycles. The molecule has 0 aromatic carbocycles. The molecule has 1 aromatic rings. The van der Waals surface area contributed by atoms with Crippen LogP contribution in [0.3, 0.4) is 0 Å². The maximum atomic E-state index is 12.8. The zero-order chi connectivity index (χ0) is 26.4. The second-order valence-electron chi connectivity index (χ2n) is 7.58. The van der Waals surface area contributed by atoms with Crippen molar-refractivity contribution < 1.29 is 29.1 Å². The van der Waals surface area contributed by atoms with Gasteiger partial charge in [-0.1, -0.05) is 0 Å². The lowest BCUT2D eigenvalue weighted by Gasteiger charge is -2.21. The van der Waals surface area contributed by atoms with Crippen LogP contribution >= 0.6 is 0 Å². The van der Waals surface area contributed by atoms with Gasteiger partial charge in [0.1, 0.15) is 12.1 Å². The maximum absolute atomic E-state index is 12.8. The Morgan fingerprint density at radius 2 is 1.77 bits per heavy atom. The molecule has 0 aliphatic carbocycles. The van der Waals surface area contributed by atoms with E-state index >= 15 is 0 Å². The molecule has 0 radical (unpaired) electrons. The fourth-order valence-electron chi connectivity index (χ4n) is 2.83. The van der Waals surface area contributed by atoms with Crippen molar-refractivity contribution in [3.05, 3.63) is 18.2 Å². The summed E-state index contributed by atoms with van der Waals surface area (Å²) in [5, 5.41) is 16.6. The molecule has 0 aliphatic rings. The molecule has 0 fully saturated rings. The number of nitrogens with one attached hydrogen (secondary N) is 4. The Bertz CT molecular complexity index is 900. The van der Waals surface area contributed by atoms with Crippen molar-refractivity contribution in [2.45, 2.75) is 50.2 Å². The molecule has 194 valence electrons. The molecule has 0 bridgehead atoms. The van der Waals surface area contributed by atoms with E-state index in [1.165, 1.54) is 12.5 Å².